The minimum atomic E-state index is -0.224. The Morgan fingerprint density at radius 3 is 2.69 bits per heavy atom. The standard InChI is InChI=1S/C18H15Cl2N3O3/c1-25-12-7-5-11(6-8-12)18-22-16(26-23-18)10-9-15(24)21-14-4-2-3-13(19)17(14)20/h2-8H,9-10H2,1H3,(H,21,24). The molecule has 0 aliphatic rings. The van der Waals surface area contributed by atoms with Crippen LogP contribution in [0.2, 0.25) is 10.0 Å². The summed E-state index contributed by atoms with van der Waals surface area (Å²) < 4.78 is 10.3. The van der Waals surface area contributed by atoms with Gasteiger partial charge in [0.15, 0.2) is 0 Å². The maximum atomic E-state index is 12.1. The Morgan fingerprint density at radius 1 is 1.19 bits per heavy atom. The Morgan fingerprint density at radius 2 is 1.96 bits per heavy atom. The normalized spacial score (nSPS) is 10.6. The molecule has 0 bridgehead atoms. The highest BCUT2D eigenvalue weighted by molar-refractivity contribution is 6.43. The monoisotopic (exact) mass is 391 g/mol. The van der Waals surface area contributed by atoms with Gasteiger partial charge in [0.25, 0.3) is 0 Å². The summed E-state index contributed by atoms with van der Waals surface area (Å²) in [6.07, 6.45) is 0.486. The number of hydrogen-bond donors (Lipinski definition) is 1. The van der Waals surface area contributed by atoms with Crippen LogP contribution in [-0.4, -0.2) is 23.2 Å². The molecule has 3 aromatic rings. The van der Waals surface area contributed by atoms with Crippen molar-refractivity contribution < 1.29 is 14.1 Å². The molecule has 1 aromatic heterocycles. The van der Waals surface area contributed by atoms with E-state index in [-0.39, 0.29) is 12.3 Å². The molecule has 1 N–H and O–H groups in total. The van der Waals surface area contributed by atoms with E-state index in [1.807, 2.05) is 24.3 Å². The molecule has 134 valence electrons. The summed E-state index contributed by atoms with van der Waals surface area (Å²) in [6, 6.07) is 12.3. The number of carbonyl (C=O) groups excluding carboxylic acids is 1. The number of carbonyl (C=O) groups is 1. The molecule has 1 heterocycles. The van der Waals surface area contributed by atoms with Crippen molar-refractivity contribution in [2.75, 3.05) is 12.4 Å². The second-order valence-corrected chi connectivity index (χ2v) is 6.17. The van der Waals surface area contributed by atoms with Gasteiger partial charge in [0.1, 0.15) is 5.75 Å². The predicted octanol–water partition coefficient (Wildman–Crippen LogP) is 4.62. The lowest BCUT2D eigenvalue weighted by molar-refractivity contribution is -0.116. The number of benzene rings is 2. The largest absolute Gasteiger partial charge is 0.497 e. The Bertz CT molecular complexity index is 910. The number of methoxy groups -OCH3 is 1. The van der Waals surface area contributed by atoms with Gasteiger partial charge in [-0.1, -0.05) is 34.4 Å². The summed E-state index contributed by atoms with van der Waals surface area (Å²) in [4.78, 5) is 16.4. The fourth-order valence-electron chi connectivity index (χ4n) is 2.25. The molecule has 1 amide bonds. The van der Waals surface area contributed by atoms with Crippen LogP contribution < -0.4 is 10.1 Å². The molecule has 0 aliphatic heterocycles. The van der Waals surface area contributed by atoms with E-state index in [9.17, 15) is 4.79 Å². The van der Waals surface area contributed by atoms with Crippen molar-refractivity contribution in [3.63, 3.8) is 0 Å². The van der Waals surface area contributed by atoms with E-state index in [1.165, 1.54) is 0 Å². The Balaban J connectivity index is 1.59. The molecule has 3 rings (SSSR count). The van der Waals surface area contributed by atoms with Gasteiger partial charge in [-0.05, 0) is 36.4 Å². The lowest BCUT2D eigenvalue weighted by atomic mass is 10.2. The summed E-state index contributed by atoms with van der Waals surface area (Å²) in [5.41, 5.74) is 1.27. The van der Waals surface area contributed by atoms with Crippen LogP contribution in [0.1, 0.15) is 12.3 Å². The van der Waals surface area contributed by atoms with Gasteiger partial charge < -0.3 is 14.6 Å². The van der Waals surface area contributed by atoms with Crippen molar-refractivity contribution in [1.82, 2.24) is 10.1 Å². The SMILES string of the molecule is COc1ccc(-c2noc(CCC(=O)Nc3cccc(Cl)c3Cl)n2)cc1. The van der Waals surface area contributed by atoms with Crippen LogP contribution in [0.25, 0.3) is 11.4 Å². The van der Waals surface area contributed by atoms with Crippen LogP contribution in [0.4, 0.5) is 5.69 Å². The Kier molecular flexibility index (Phi) is 5.75. The molecule has 0 aliphatic carbocycles. The van der Waals surface area contributed by atoms with E-state index in [0.717, 1.165) is 11.3 Å². The average Bonchev–Trinajstić information content (AvgIpc) is 3.13. The number of anilines is 1. The van der Waals surface area contributed by atoms with Crippen molar-refractivity contribution in [3.8, 4) is 17.1 Å². The van der Waals surface area contributed by atoms with Gasteiger partial charge >= 0.3 is 0 Å². The number of amides is 1. The van der Waals surface area contributed by atoms with Crippen molar-refractivity contribution in [3.05, 3.63) is 58.4 Å². The summed E-state index contributed by atoms with van der Waals surface area (Å²) in [7, 11) is 1.60. The first-order chi connectivity index (χ1) is 12.6. The van der Waals surface area contributed by atoms with Crippen LogP contribution in [0, 0.1) is 0 Å². The first-order valence-electron chi connectivity index (χ1n) is 7.77. The zero-order chi connectivity index (χ0) is 18.5. The van der Waals surface area contributed by atoms with Crippen LogP contribution in [-0.2, 0) is 11.2 Å². The molecule has 0 fully saturated rings. The maximum Gasteiger partial charge on any atom is 0.227 e. The van der Waals surface area contributed by atoms with E-state index in [0.29, 0.717) is 33.9 Å². The number of nitrogens with zero attached hydrogens (tertiary/aromatic N) is 2. The molecule has 0 saturated carbocycles. The zero-order valence-electron chi connectivity index (χ0n) is 13.8. The zero-order valence-corrected chi connectivity index (χ0v) is 15.3. The summed E-state index contributed by atoms with van der Waals surface area (Å²) in [6.45, 7) is 0. The van der Waals surface area contributed by atoms with Gasteiger partial charge in [-0.25, -0.2) is 0 Å². The highest BCUT2D eigenvalue weighted by atomic mass is 35.5. The fourth-order valence-corrected chi connectivity index (χ4v) is 2.60. The molecular weight excluding hydrogens is 377 g/mol. The van der Waals surface area contributed by atoms with Crippen molar-refractivity contribution >= 4 is 34.8 Å². The molecular formula is C18H15Cl2N3O3. The van der Waals surface area contributed by atoms with E-state index < -0.39 is 0 Å². The predicted molar refractivity (Wildman–Crippen MR) is 99.7 cm³/mol. The van der Waals surface area contributed by atoms with Crippen molar-refractivity contribution in [2.45, 2.75) is 12.8 Å². The van der Waals surface area contributed by atoms with Crippen LogP contribution >= 0.6 is 23.2 Å². The number of nitrogens with one attached hydrogen (secondary N) is 1. The number of halogens is 2. The molecule has 0 unspecified atom stereocenters. The number of aromatic nitrogens is 2. The highest BCUT2D eigenvalue weighted by Crippen LogP contribution is 2.29. The van der Waals surface area contributed by atoms with Gasteiger partial charge in [0, 0.05) is 18.4 Å². The molecule has 2 aromatic carbocycles. The topological polar surface area (TPSA) is 77.2 Å². The maximum absolute atomic E-state index is 12.1. The molecule has 0 radical (unpaired) electrons. The van der Waals surface area contributed by atoms with Gasteiger partial charge in [-0.3, -0.25) is 4.79 Å². The van der Waals surface area contributed by atoms with Gasteiger partial charge in [0.2, 0.25) is 17.6 Å². The van der Waals surface area contributed by atoms with Gasteiger partial charge in [-0.15, -0.1) is 0 Å². The van der Waals surface area contributed by atoms with Gasteiger partial charge in [0.05, 0.1) is 22.8 Å². The third kappa shape index (κ3) is 4.33. The highest BCUT2D eigenvalue weighted by Gasteiger charge is 2.12. The minimum absolute atomic E-state index is 0.174. The quantitative estimate of drug-likeness (QED) is 0.662. The smallest absolute Gasteiger partial charge is 0.227 e. The lowest BCUT2D eigenvalue weighted by Crippen LogP contribution is -2.12. The van der Waals surface area contributed by atoms with Crippen molar-refractivity contribution in [2.24, 2.45) is 0 Å². The van der Waals surface area contributed by atoms with E-state index in [4.69, 9.17) is 32.5 Å². The third-order valence-corrected chi connectivity index (χ3v) is 4.43. The Hall–Kier alpha value is -2.57. The van der Waals surface area contributed by atoms with E-state index in [1.54, 1.807) is 25.3 Å². The van der Waals surface area contributed by atoms with Crippen molar-refractivity contribution in [1.29, 1.82) is 0 Å². The van der Waals surface area contributed by atoms with E-state index in [2.05, 4.69) is 15.5 Å². The molecule has 6 nitrogen and oxygen atoms in total. The Labute approximate surface area is 160 Å². The van der Waals surface area contributed by atoms with Gasteiger partial charge in [-0.2, -0.15) is 4.98 Å². The van der Waals surface area contributed by atoms with E-state index >= 15 is 0 Å². The van der Waals surface area contributed by atoms with Crippen LogP contribution in [0.15, 0.2) is 47.0 Å². The lowest BCUT2D eigenvalue weighted by Gasteiger charge is -2.07. The molecule has 8 heteroatoms. The van der Waals surface area contributed by atoms with Crippen LogP contribution in [0.3, 0.4) is 0 Å². The first-order valence-corrected chi connectivity index (χ1v) is 8.53. The molecule has 0 atom stereocenters. The third-order valence-electron chi connectivity index (χ3n) is 3.61. The fraction of sp³-hybridized carbons (Fsp3) is 0.167. The molecule has 0 spiro atoms. The second-order valence-electron chi connectivity index (χ2n) is 5.39. The summed E-state index contributed by atoms with van der Waals surface area (Å²) in [5.74, 6) is 1.36. The number of rotatable bonds is 6. The van der Waals surface area contributed by atoms with Crippen LogP contribution in [0.5, 0.6) is 5.75 Å². The summed E-state index contributed by atoms with van der Waals surface area (Å²) in [5, 5.41) is 7.33. The number of ether oxygens (including phenoxy) is 1. The first kappa shape index (κ1) is 18.2. The number of aryl methyl sites for hydroxylation is 1. The summed E-state index contributed by atoms with van der Waals surface area (Å²) >= 11 is 12.0. The molecule has 26 heavy (non-hydrogen) atoms. The minimum Gasteiger partial charge on any atom is -0.497 e. The number of hydrogen-bond acceptors (Lipinski definition) is 5. The average molecular weight is 392 g/mol. The molecule has 0 saturated heterocycles. The second kappa shape index (κ2) is 8.21.